The standard InChI is InChI=1S/C27H25NO4/c1-16-11-13-19(14-12-16)25(29)23-24(20-8-6-9-21(15-20)32-4)28(27(31)26(23)30)22-10-5-7-17(2)18(22)3/h5-15,24,29H,1-4H3/b25-23+. The molecule has 5 heteroatoms. The van der Waals surface area contributed by atoms with Crippen LogP contribution >= 0.6 is 0 Å². The normalized spacial score (nSPS) is 17.6. The third-order valence-electron chi connectivity index (χ3n) is 6.01. The quantitative estimate of drug-likeness (QED) is 0.351. The molecule has 1 N–H and O–H groups in total. The molecule has 1 amide bonds. The van der Waals surface area contributed by atoms with Gasteiger partial charge in [-0.25, -0.2) is 0 Å². The van der Waals surface area contributed by atoms with E-state index in [9.17, 15) is 14.7 Å². The summed E-state index contributed by atoms with van der Waals surface area (Å²) < 4.78 is 5.38. The van der Waals surface area contributed by atoms with Crippen molar-refractivity contribution in [3.05, 3.63) is 100 Å². The third kappa shape index (κ3) is 3.56. The maximum atomic E-state index is 13.3. The van der Waals surface area contributed by atoms with E-state index in [1.165, 1.54) is 4.90 Å². The van der Waals surface area contributed by atoms with Crippen LogP contribution in [0.5, 0.6) is 5.75 Å². The van der Waals surface area contributed by atoms with Crippen molar-refractivity contribution in [2.75, 3.05) is 12.0 Å². The lowest BCUT2D eigenvalue weighted by Crippen LogP contribution is -2.30. The second-order valence-corrected chi connectivity index (χ2v) is 8.03. The van der Waals surface area contributed by atoms with Crippen LogP contribution in [0.15, 0.2) is 72.3 Å². The Labute approximate surface area is 187 Å². The zero-order valence-electron chi connectivity index (χ0n) is 18.5. The highest BCUT2D eigenvalue weighted by Gasteiger charge is 2.47. The number of methoxy groups -OCH3 is 1. The minimum Gasteiger partial charge on any atom is -0.507 e. The SMILES string of the molecule is COc1cccc(C2/C(=C(\O)c3ccc(C)cc3)C(=O)C(=O)N2c2cccc(C)c2C)c1. The molecule has 162 valence electrons. The van der Waals surface area contributed by atoms with E-state index in [4.69, 9.17) is 4.74 Å². The summed E-state index contributed by atoms with van der Waals surface area (Å²) in [4.78, 5) is 28.1. The first-order valence-electron chi connectivity index (χ1n) is 10.4. The van der Waals surface area contributed by atoms with Gasteiger partial charge in [-0.2, -0.15) is 0 Å². The molecule has 1 saturated heterocycles. The number of aryl methyl sites for hydroxylation is 2. The second kappa shape index (κ2) is 8.35. The van der Waals surface area contributed by atoms with Crippen molar-refractivity contribution < 1.29 is 19.4 Å². The molecule has 0 spiro atoms. The molecule has 3 aromatic carbocycles. The molecule has 0 radical (unpaired) electrons. The molecular formula is C27H25NO4. The smallest absolute Gasteiger partial charge is 0.300 e. The lowest BCUT2D eigenvalue weighted by molar-refractivity contribution is -0.132. The first-order valence-corrected chi connectivity index (χ1v) is 10.4. The lowest BCUT2D eigenvalue weighted by atomic mass is 9.94. The third-order valence-corrected chi connectivity index (χ3v) is 6.01. The predicted octanol–water partition coefficient (Wildman–Crippen LogP) is 5.25. The van der Waals surface area contributed by atoms with Gasteiger partial charge < -0.3 is 9.84 Å². The average Bonchev–Trinajstić information content (AvgIpc) is 3.06. The van der Waals surface area contributed by atoms with Crippen LogP contribution in [-0.4, -0.2) is 23.9 Å². The van der Waals surface area contributed by atoms with E-state index < -0.39 is 17.7 Å². The van der Waals surface area contributed by atoms with Crippen molar-refractivity contribution >= 4 is 23.1 Å². The van der Waals surface area contributed by atoms with Gasteiger partial charge in [-0.3, -0.25) is 14.5 Å². The van der Waals surface area contributed by atoms with Crippen molar-refractivity contribution in [2.45, 2.75) is 26.8 Å². The fraction of sp³-hybridized carbons (Fsp3) is 0.185. The van der Waals surface area contributed by atoms with E-state index in [2.05, 4.69) is 0 Å². The largest absolute Gasteiger partial charge is 0.507 e. The first kappa shape index (κ1) is 21.4. The number of aliphatic hydroxyl groups excluding tert-OH is 1. The number of nitrogens with zero attached hydrogens (tertiary/aromatic N) is 1. The van der Waals surface area contributed by atoms with E-state index in [1.54, 1.807) is 31.4 Å². The number of ether oxygens (including phenoxy) is 1. The number of Topliss-reactive ketones (excluding diaryl/α,β-unsaturated/α-hetero) is 1. The van der Waals surface area contributed by atoms with Crippen LogP contribution in [0.1, 0.15) is 33.9 Å². The molecule has 1 aliphatic rings. The Kier molecular flexibility index (Phi) is 5.57. The molecule has 1 aliphatic heterocycles. The van der Waals surface area contributed by atoms with Gasteiger partial charge in [0.15, 0.2) is 0 Å². The zero-order chi connectivity index (χ0) is 23.0. The minimum atomic E-state index is -0.785. The number of rotatable bonds is 4. The summed E-state index contributed by atoms with van der Waals surface area (Å²) in [5.74, 6) is -0.967. The van der Waals surface area contributed by atoms with E-state index >= 15 is 0 Å². The maximum Gasteiger partial charge on any atom is 0.300 e. The van der Waals surface area contributed by atoms with Crippen LogP contribution < -0.4 is 9.64 Å². The molecule has 0 aliphatic carbocycles. The number of carbonyl (C=O) groups excluding carboxylic acids is 2. The number of carbonyl (C=O) groups is 2. The second-order valence-electron chi connectivity index (χ2n) is 8.03. The maximum absolute atomic E-state index is 13.3. The Morgan fingerprint density at radius 2 is 1.62 bits per heavy atom. The fourth-order valence-electron chi connectivity index (χ4n) is 4.07. The van der Waals surface area contributed by atoms with Crippen molar-refractivity contribution in [3.8, 4) is 5.75 Å². The van der Waals surface area contributed by atoms with Crippen LogP contribution in [0.2, 0.25) is 0 Å². The topological polar surface area (TPSA) is 66.8 Å². The number of amides is 1. The van der Waals surface area contributed by atoms with Crippen LogP contribution in [0.25, 0.3) is 5.76 Å². The molecule has 1 fully saturated rings. The van der Waals surface area contributed by atoms with Crippen molar-refractivity contribution in [1.82, 2.24) is 0 Å². The Balaban J connectivity index is 1.99. The van der Waals surface area contributed by atoms with E-state index in [0.29, 0.717) is 22.6 Å². The van der Waals surface area contributed by atoms with Crippen LogP contribution in [0.4, 0.5) is 5.69 Å². The number of hydrogen-bond donors (Lipinski definition) is 1. The molecule has 0 aromatic heterocycles. The summed E-state index contributed by atoms with van der Waals surface area (Å²) in [5.41, 5.74) is 4.81. The van der Waals surface area contributed by atoms with Gasteiger partial charge in [0.25, 0.3) is 11.7 Å². The monoisotopic (exact) mass is 427 g/mol. The highest BCUT2D eigenvalue weighted by Crippen LogP contribution is 2.44. The van der Waals surface area contributed by atoms with Crippen LogP contribution in [0.3, 0.4) is 0 Å². The van der Waals surface area contributed by atoms with Crippen molar-refractivity contribution in [3.63, 3.8) is 0 Å². The molecule has 0 saturated carbocycles. The first-order chi connectivity index (χ1) is 15.3. The molecule has 1 heterocycles. The number of aliphatic hydroxyl groups is 1. The molecule has 0 bridgehead atoms. The summed E-state index contributed by atoms with van der Waals surface area (Å²) >= 11 is 0. The molecule has 32 heavy (non-hydrogen) atoms. The van der Waals surface area contributed by atoms with E-state index in [1.807, 2.05) is 63.2 Å². The summed E-state index contributed by atoms with van der Waals surface area (Å²) in [7, 11) is 1.56. The Morgan fingerprint density at radius 3 is 2.31 bits per heavy atom. The molecule has 4 rings (SSSR count). The Bertz CT molecular complexity index is 1240. The van der Waals surface area contributed by atoms with Crippen LogP contribution in [-0.2, 0) is 9.59 Å². The number of hydrogen-bond acceptors (Lipinski definition) is 4. The molecule has 1 atom stereocenters. The zero-order valence-corrected chi connectivity index (χ0v) is 18.5. The van der Waals surface area contributed by atoms with Gasteiger partial charge in [-0.1, -0.05) is 54.1 Å². The van der Waals surface area contributed by atoms with E-state index in [-0.39, 0.29) is 11.3 Å². The van der Waals surface area contributed by atoms with Gasteiger partial charge in [0.1, 0.15) is 11.5 Å². The molecule has 5 nitrogen and oxygen atoms in total. The molecule has 1 unspecified atom stereocenters. The van der Waals surface area contributed by atoms with Gasteiger partial charge in [-0.05, 0) is 55.7 Å². The van der Waals surface area contributed by atoms with Crippen molar-refractivity contribution in [1.29, 1.82) is 0 Å². The van der Waals surface area contributed by atoms with Gasteiger partial charge in [0.2, 0.25) is 0 Å². The summed E-state index contributed by atoms with van der Waals surface area (Å²) in [6.07, 6.45) is 0. The highest BCUT2D eigenvalue weighted by molar-refractivity contribution is 6.51. The van der Waals surface area contributed by atoms with Crippen LogP contribution in [0, 0.1) is 20.8 Å². The van der Waals surface area contributed by atoms with Gasteiger partial charge in [-0.15, -0.1) is 0 Å². The predicted molar refractivity (Wildman–Crippen MR) is 125 cm³/mol. The summed E-state index contributed by atoms with van der Waals surface area (Å²) in [5, 5.41) is 11.2. The summed E-state index contributed by atoms with van der Waals surface area (Å²) in [6, 6.07) is 19.3. The number of ketones is 1. The Hall–Kier alpha value is -3.86. The molecular weight excluding hydrogens is 402 g/mol. The summed E-state index contributed by atoms with van der Waals surface area (Å²) in [6.45, 7) is 5.83. The van der Waals surface area contributed by atoms with Crippen molar-refractivity contribution in [2.24, 2.45) is 0 Å². The van der Waals surface area contributed by atoms with Gasteiger partial charge in [0.05, 0.1) is 18.7 Å². The lowest BCUT2D eigenvalue weighted by Gasteiger charge is -2.27. The Morgan fingerprint density at radius 1 is 0.938 bits per heavy atom. The number of benzene rings is 3. The van der Waals surface area contributed by atoms with Gasteiger partial charge in [0, 0.05) is 11.3 Å². The molecule has 3 aromatic rings. The highest BCUT2D eigenvalue weighted by atomic mass is 16.5. The van der Waals surface area contributed by atoms with Gasteiger partial charge >= 0.3 is 0 Å². The van der Waals surface area contributed by atoms with E-state index in [0.717, 1.165) is 16.7 Å². The number of anilines is 1. The minimum absolute atomic E-state index is 0.0630. The average molecular weight is 428 g/mol. The fourth-order valence-corrected chi connectivity index (χ4v) is 4.07.